The molecule has 1 fully saturated rings. The van der Waals surface area contributed by atoms with Gasteiger partial charge in [-0.15, -0.1) is 11.8 Å². The average Bonchev–Trinajstić information content (AvgIpc) is 2.94. The highest BCUT2D eigenvalue weighted by atomic mass is 32.2. The van der Waals surface area contributed by atoms with E-state index < -0.39 is 0 Å². The Labute approximate surface area is 184 Å². The van der Waals surface area contributed by atoms with E-state index in [-0.39, 0.29) is 5.78 Å². The van der Waals surface area contributed by atoms with E-state index in [0.717, 1.165) is 37.3 Å². The van der Waals surface area contributed by atoms with E-state index in [9.17, 15) is 4.79 Å². The number of likely N-dealkylation sites (tertiary alicyclic amines) is 1. The third-order valence-electron chi connectivity index (χ3n) is 6.95. The van der Waals surface area contributed by atoms with Crippen LogP contribution in [0.5, 0.6) is 0 Å². The third kappa shape index (κ3) is 3.63. The Morgan fingerprint density at radius 2 is 2.07 bits per heavy atom. The number of carbonyl (C=O) groups is 1. The fourth-order valence-corrected chi connectivity index (χ4v) is 6.59. The van der Waals surface area contributed by atoms with Gasteiger partial charge in [0.05, 0.1) is 5.69 Å². The maximum absolute atomic E-state index is 12.7. The largest absolute Gasteiger partial charge is 0.388 e. The zero-order valence-corrected chi connectivity index (χ0v) is 18.6. The van der Waals surface area contributed by atoms with E-state index in [2.05, 4.69) is 33.3 Å². The van der Waals surface area contributed by atoms with Crippen LogP contribution in [0.3, 0.4) is 0 Å². The molecule has 3 heterocycles. The SMILES string of the molecule is CNc1ccccc1C(=O)CCCN1CC[C@H]2C(C1)c1cccc3c1N2CCCS3. The minimum atomic E-state index is 0.246. The molecule has 5 rings (SSSR count). The second-order valence-electron chi connectivity index (χ2n) is 8.67. The molecule has 0 spiro atoms. The van der Waals surface area contributed by atoms with E-state index >= 15 is 0 Å². The van der Waals surface area contributed by atoms with Crippen molar-refractivity contribution < 1.29 is 4.79 Å². The maximum atomic E-state index is 12.7. The summed E-state index contributed by atoms with van der Waals surface area (Å²) in [5.41, 5.74) is 4.85. The Kier molecular flexibility index (Phi) is 5.74. The van der Waals surface area contributed by atoms with Crippen LogP contribution in [0.15, 0.2) is 47.4 Å². The smallest absolute Gasteiger partial charge is 0.164 e. The van der Waals surface area contributed by atoms with E-state index in [0.29, 0.717) is 18.4 Å². The maximum Gasteiger partial charge on any atom is 0.164 e. The van der Waals surface area contributed by atoms with Crippen LogP contribution < -0.4 is 10.2 Å². The van der Waals surface area contributed by atoms with Crippen molar-refractivity contribution in [1.82, 2.24) is 4.90 Å². The van der Waals surface area contributed by atoms with Crippen molar-refractivity contribution in [3.63, 3.8) is 0 Å². The molecule has 5 heteroatoms. The summed E-state index contributed by atoms with van der Waals surface area (Å²) in [4.78, 5) is 19.5. The first-order valence-electron chi connectivity index (χ1n) is 11.3. The monoisotopic (exact) mass is 421 g/mol. The normalized spacial score (nSPS) is 22.9. The molecule has 0 aliphatic carbocycles. The summed E-state index contributed by atoms with van der Waals surface area (Å²) in [6, 6.07) is 15.4. The molecular weight excluding hydrogens is 390 g/mol. The number of benzene rings is 2. The van der Waals surface area contributed by atoms with Crippen molar-refractivity contribution in [2.24, 2.45) is 0 Å². The molecule has 1 unspecified atom stereocenters. The molecule has 0 radical (unpaired) electrons. The number of nitrogens with zero attached hydrogens (tertiary/aromatic N) is 2. The van der Waals surface area contributed by atoms with Gasteiger partial charge < -0.3 is 15.1 Å². The molecule has 3 aliphatic heterocycles. The average molecular weight is 422 g/mol. The van der Waals surface area contributed by atoms with E-state index in [4.69, 9.17) is 0 Å². The second kappa shape index (κ2) is 8.64. The van der Waals surface area contributed by atoms with Gasteiger partial charge >= 0.3 is 0 Å². The van der Waals surface area contributed by atoms with Gasteiger partial charge in [-0.3, -0.25) is 4.79 Å². The van der Waals surface area contributed by atoms with Crippen LogP contribution in [-0.2, 0) is 0 Å². The van der Waals surface area contributed by atoms with Crippen LogP contribution in [0.2, 0.25) is 0 Å². The lowest BCUT2D eigenvalue weighted by Gasteiger charge is -2.39. The minimum Gasteiger partial charge on any atom is -0.388 e. The number of thioether (sulfide) groups is 1. The lowest BCUT2D eigenvalue weighted by molar-refractivity contribution is 0.0972. The first-order valence-corrected chi connectivity index (χ1v) is 12.3. The Morgan fingerprint density at radius 1 is 1.17 bits per heavy atom. The molecule has 2 aromatic carbocycles. The van der Waals surface area contributed by atoms with Gasteiger partial charge in [0.15, 0.2) is 5.78 Å². The summed E-state index contributed by atoms with van der Waals surface area (Å²) < 4.78 is 0. The van der Waals surface area contributed by atoms with Crippen molar-refractivity contribution in [2.75, 3.05) is 49.2 Å². The molecule has 2 atom stereocenters. The molecule has 0 amide bonds. The Balaban J connectivity index is 1.22. The molecular formula is C25H31N3OS. The Bertz CT molecular complexity index is 930. The van der Waals surface area contributed by atoms with Crippen LogP contribution >= 0.6 is 11.8 Å². The summed E-state index contributed by atoms with van der Waals surface area (Å²) in [5, 5.41) is 3.14. The molecule has 4 nitrogen and oxygen atoms in total. The Hall–Kier alpha value is -1.98. The number of Topliss-reactive ketones (excluding diaryl/α,β-unsaturated/α-hetero) is 1. The molecule has 0 bridgehead atoms. The number of hydrogen-bond donors (Lipinski definition) is 1. The third-order valence-corrected chi connectivity index (χ3v) is 8.09. The molecule has 1 N–H and O–H groups in total. The van der Waals surface area contributed by atoms with Gasteiger partial charge in [0.2, 0.25) is 0 Å². The lowest BCUT2D eigenvalue weighted by Crippen LogP contribution is -2.46. The molecule has 0 saturated carbocycles. The van der Waals surface area contributed by atoms with Crippen molar-refractivity contribution in [3.05, 3.63) is 53.6 Å². The van der Waals surface area contributed by atoms with Gasteiger partial charge in [-0.2, -0.15) is 0 Å². The van der Waals surface area contributed by atoms with Crippen LogP contribution in [-0.4, -0.2) is 55.7 Å². The van der Waals surface area contributed by atoms with Crippen LogP contribution in [0.25, 0.3) is 0 Å². The number of nitrogens with one attached hydrogen (secondary N) is 1. The highest BCUT2D eigenvalue weighted by molar-refractivity contribution is 7.99. The van der Waals surface area contributed by atoms with Gasteiger partial charge in [0.1, 0.15) is 0 Å². The number of anilines is 2. The number of fused-ring (bicyclic) bond motifs is 3. The molecule has 2 aromatic rings. The van der Waals surface area contributed by atoms with E-state index in [1.807, 2.05) is 43.1 Å². The first kappa shape index (κ1) is 20.0. The number of hydrogen-bond acceptors (Lipinski definition) is 5. The van der Waals surface area contributed by atoms with Gasteiger partial charge in [-0.05, 0) is 55.3 Å². The zero-order valence-electron chi connectivity index (χ0n) is 17.8. The fourth-order valence-electron chi connectivity index (χ4n) is 5.55. The van der Waals surface area contributed by atoms with Crippen LogP contribution in [0.1, 0.15) is 47.5 Å². The van der Waals surface area contributed by atoms with Crippen molar-refractivity contribution in [3.8, 4) is 0 Å². The van der Waals surface area contributed by atoms with Crippen molar-refractivity contribution in [1.29, 1.82) is 0 Å². The Morgan fingerprint density at radius 3 is 2.97 bits per heavy atom. The summed E-state index contributed by atoms with van der Waals surface area (Å²) in [5.74, 6) is 2.10. The molecule has 1 saturated heterocycles. The van der Waals surface area contributed by atoms with Crippen molar-refractivity contribution >= 4 is 28.9 Å². The second-order valence-corrected chi connectivity index (χ2v) is 9.81. The molecule has 158 valence electrons. The predicted molar refractivity (Wildman–Crippen MR) is 126 cm³/mol. The van der Waals surface area contributed by atoms with Gasteiger partial charge in [-0.1, -0.05) is 24.3 Å². The minimum absolute atomic E-state index is 0.246. The van der Waals surface area contributed by atoms with E-state index in [1.54, 1.807) is 5.56 Å². The number of para-hydroxylation sites is 2. The lowest BCUT2D eigenvalue weighted by atomic mass is 9.89. The summed E-state index contributed by atoms with van der Waals surface area (Å²) >= 11 is 2.03. The van der Waals surface area contributed by atoms with Gasteiger partial charge in [0, 0.05) is 61.2 Å². The molecule has 3 aliphatic rings. The van der Waals surface area contributed by atoms with Crippen LogP contribution in [0.4, 0.5) is 11.4 Å². The summed E-state index contributed by atoms with van der Waals surface area (Å²) in [6.45, 7) is 4.50. The number of ketones is 1. The molecule has 0 aromatic heterocycles. The van der Waals surface area contributed by atoms with Crippen molar-refractivity contribution in [2.45, 2.75) is 42.5 Å². The zero-order chi connectivity index (χ0) is 20.5. The predicted octanol–water partition coefficient (Wildman–Crippen LogP) is 4.87. The number of piperidine rings is 1. The number of carbonyl (C=O) groups excluding carboxylic acids is 1. The summed E-state index contributed by atoms with van der Waals surface area (Å²) in [7, 11) is 1.88. The summed E-state index contributed by atoms with van der Waals surface area (Å²) in [6.07, 6.45) is 4.06. The highest BCUT2D eigenvalue weighted by Crippen LogP contribution is 2.50. The molecule has 30 heavy (non-hydrogen) atoms. The van der Waals surface area contributed by atoms with Crippen LogP contribution in [0, 0.1) is 0 Å². The first-order chi connectivity index (χ1) is 14.8. The standard InChI is InChI=1S/C25H31N3OS/c1-26-21-9-3-2-7-19(21)23(29)10-5-13-27-15-12-22-20(17-27)18-8-4-11-24-25(18)28(22)14-6-16-30-24/h2-4,7-9,11,20,22,26H,5-6,10,12-17H2,1H3/t20?,22-/m0/s1. The number of rotatable bonds is 6. The van der Waals surface area contributed by atoms with Gasteiger partial charge in [0.25, 0.3) is 0 Å². The van der Waals surface area contributed by atoms with E-state index in [1.165, 1.54) is 35.7 Å². The highest BCUT2D eigenvalue weighted by Gasteiger charge is 2.43. The van der Waals surface area contributed by atoms with Gasteiger partial charge in [-0.25, -0.2) is 0 Å². The topological polar surface area (TPSA) is 35.6 Å². The quantitative estimate of drug-likeness (QED) is 0.674. The fraction of sp³-hybridized carbons (Fsp3) is 0.480.